The molecule has 2 unspecified atom stereocenters. The first-order chi connectivity index (χ1) is 6.95. The van der Waals surface area contributed by atoms with Gasteiger partial charge in [0.05, 0.1) is 0 Å². The summed E-state index contributed by atoms with van der Waals surface area (Å²) >= 11 is 0. The van der Waals surface area contributed by atoms with E-state index in [9.17, 15) is 0 Å². The van der Waals surface area contributed by atoms with Crippen LogP contribution in [0.1, 0.15) is 44.9 Å². The van der Waals surface area contributed by atoms with Crippen LogP contribution in [0.5, 0.6) is 0 Å². The van der Waals surface area contributed by atoms with E-state index in [1.807, 2.05) is 0 Å². The highest BCUT2D eigenvalue weighted by Gasteiger charge is 2.50. The van der Waals surface area contributed by atoms with Gasteiger partial charge in [-0.2, -0.15) is 0 Å². The fourth-order valence-corrected chi connectivity index (χ4v) is 3.22. The molecule has 4 heteroatoms. The topological polar surface area (TPSA) is 104 Å². The van der Waals surface area contributed by atoms with Gasteiger partial charge in [-0.05, 0) is 44.9 Å². The smallest absolute Gasteiger partial charge is 0.0352 e. The molecule has 0 aromatic carbocycles. The van der Waals surface area contributed by atoms with Gasteiger partial charge in [0, 0.05) is 23.2 Å². The van der Waals surface area contributed by atoms with Crippen LogP contribution in [0.2, 0.25) is 0 Å². The predicted molar refractivity (Wildman–Crippen MR) is 62.1 cm³/mol. The Morgan fingerprint density at radius 2 is 1.20 bits per heavy atom. The van der Waals surface area contributed by atoms with Crippen molar-refractivity contribution >= 4 is 0 Å². The molecule has 0 heterocycles. The van der Waals surface area contributed by atoms with Crippen molar-refractivity contribution in [2.24, 2.45) is 22.9 Å². The molecule has 88 valence electrons. The molecule has 0 aliphatic heterocycles. The Morgan fingerprint density at radius 3 is 1.67 bits per heavy atom. The third kappa shape index (κ3) is 1.91. The summed E-state index contributed by atoms with van der Waals surface area (Å²) in [7, 11) is 0. The molecule has 2 fully saturated rings. The minimum Gasteiger partial charge on any atom is -0.328 e. The number of hydrogen-bond acceptors (Lipinski definition) is 4. The Hall–Kier alpha value is -0.160. The summed E-state index contributed by atoms with van der Waals surface area (Å²) in [6.07, 6.45) is 6.78. The largest absolute Gasteiger partial charge is 0.328 e. The van der Waals surface area contributed by atoms with Gasteiger partial charge in [0.25, 0.3) is 0 Å². The van der Waals surface area contributed by atoms with Gasteiger partial charge in [-0.1, -0.05) is 0 Å². The zero-order valence-corrected chi connectivity index (χ0v) is 9.41. The van der Waals surface area contributed by atoms with Crippen LogP contribution in [-0.4, -0.2) is 23.2 Å². The summed E-state index contributed by atoms with van der Waals surface area (Å²) in [6, 6.07) is 0.561. The summed E-state index contributed by atoms with van der Waals surface area (Å²) in [4.78, 5) is 0. The first kappa shape index (κ1) is 11.3. The van der Waals surface area contributed by atoms with Crippen LogP contribution in [0.3, 0.4) is 0 Å². The van der Waals surface area contributed by atoms with Crippen molar-refractivity contribution in [2.45, 2.75) is 68.1 Å². The van der Waals surface area contributed by atoms with E-state index < -0.39 is 0 Å². The molecule has 15 heavy (non-hydrogen) atoms. The maximum atomic E-state index is 6.49. The minimum absolute atomic E-state index is 0.225. The SMILES string of the molecule is NC1CCC(N)(C2(N)CCC(N)C2)CC1. The van der Waals surface area contributed by atoms with Crippen molar-refractivity contribution < 1.29 is 0 Å². The third-order valence-corrected chi connectivity index (χ3v) is 4.50. The first-order valence-corrected chi connectivity index (χ1v) is 6.04. The molecular formula is C11H24N4. The molecular weight excluding hydrogens is 188 g/mol. The molecule has 2 aliphatic carbocycles. The van der Waals surface area contributed by atoms with Crippen molar-refractivity contribution in [3.63, 3.8) is 0 Å². The molecule has 0 radical (unpaired) electrons. The van der Waals surface area contributed by atoms with E-state index in [0.717, 1.165) is 44.9 Å². The highest BCUT2D eigenvalue weighted by molar-refractivity contribution is 5.13. The third-order valence-electron chi connectivity index (χ3n) is 4.50. The summed E-state index contributed by atoms with van der Waals surface area (Å²) in [5.74, 6) is 0. The predicted octanol–water partition coefficient (Wildman–Crippen LogP) is -0.206. The van der Waals surface area contributed by atoms with Gasteiger partial charge in [0.15, 0.2) is 0 Å². The number of hydrogen-bond donors (Lipinski definition) is 4. The Balaban J connectivity index is 2.08. The highest BCUT2D eigenvalue weighted by atomic mass is 15.0. The highest BCUT2D eigenvalue weighted by Crippen LogP contribution is 2.41. The normalized spacial score (nSPS) is 52.0. The summed E-state index contributed by atoms with van der Waals surface area (Å²) < 4.78 is 0. The Morgan fingerprint density at radius 1 is 0.733 bits per heavy atom. The molecule has 2 saturated carbocycles. The van der Waals surface area contributed by atoms with Crippen molar-refractivity contribution in [3.8, 4) is 0 Å². The van der Waals surface area contributed by atoms with Crippen LogP contribution in [0.4, 0.5) is 0 Å². The molecule has 0 saturated heterocycles. The molecule has 8 N–H and O–H groups in total. The van der Waals surface area contributed by atoms with E-state index in [2.05, 4.69) is 0 Å². The Labute approximate surface area is 91.7 Å². The van der Waals surface area contributed by atoms with Crippen molar-refractivity contribution in [1.82, 2.24) is 0 Å². The fraction of sp³-hybridized carbons (Fsp3) is 1.00. The van der Waals surface area contributed by atoms with Crippen LogP contribution in [0.25, 0.3) is 0 Å². The van der Waals surface area contributed by atoms with Crippen LogP contribution in [-0.2, 0) is 0 Å². The molecule has 0 amide bonds. The maximum Gasteiger partial charge on any atom is 0.0352 e. The molecule has 0 spiro atoms. The lowest BCUT2D eigenvalue weighted by atomic mass is 9.67. The van der Waals surface area contributed by atoms with E-state index >= 15 is 0 Å². The summed E-state index contributed by atoms with van der Waals surface area (Å²) in [5.41, 5.74) is 24.3. The average Bonchev–Trinajstić information content (AvgIpc) is 2.53. The van der Waals surface area contributed by atoms with Crippen LogP contribution in [0.15, 0.2) is 0 Å². The van der Waals surface area contributed by atoms with Gasteiger partial charge in [-0.3, -0.25) is 0 Å². The van der Waals surface area contributed by atoms with Gasteiger partial charge < -0.3 is 22.9 Å². The van der Waals surface area contributed by atoms with E-state index in [-0.39, 0.29) is 17.1 Å². The lowest BCUT2D eigenvalue weighted by Gasteiger charge is -2.47. The number of nitrogens with two attached hydrogens (primary N) is 4. The van der Waals surface area contributed by atoms with Gasteiger partial charge in [0.2, 0.25) is 0 Å². The van der Waals surface area contributed by atoms with Crippen LogP contribution >= 0.6 is 0 Å². The van der Waals surface area contributed by atoms with Gasteiger partial charge in [0.1, 0.15) is 0 Å². The maximum absolute atomic E-state index is 6.49. The van der Waals surface area contributed by atoms with E-state index in [1.54, 1.807) is 0 Å². The quantitative estimate of drug-likeness (QED) is 0.483. The molecule has 0 bridgehead atoms. The monoisotopic (exact) mass is 212 g/mol. The second-order valence-corrected chi connectivity index (χ2v) is 5.65. The van der Waals surface area contributed by atoms with Crippen molar-refractivity contribution in [1.29, 1.82) is 0 Å². The molecule has 2 rings (SSSR count). The lowest BCUT2D eigenvalue weighted by molar-refractivity contribution is 0.152. The Bertz CT molecular complexity index is 235. The van der Waals surface area contributed by atoms with Crippen LogP contribution in [0, 0.1) is 0 Å². The van der Waals surface area contributed by atoms with Crippen molar-refractivity contribution in [2.75, 3.05) is 0 Å². The van der Waals surface area contributed by atoms with Crippen molar-refractivity contribution in [3.05, 3.63) is 0 Å². The summed E-state index contributed by atoms with van der Waals surface area (Å²) in [6.45, 7) is 0. The standard InChI is InChI=1S/C11H24N4/c12-8-1-4-10(14,5-2-8)11(15)6-3-9(13)7-11/h8-9H,1-7,12-15H2. The van der Waals surface area contributed by atoms with Crippen LogP contribution < -0.4 is 22.9 Å². The summed E-state index contributed by atoms with van der Waals surface area (Å²) in [5, 5.41) is 0. The average molecular weight is 212 g/mol. The van der Waals surface area contributed by atoms with E-state index in [0.29, 0.717) is 6.04 Å². The van der Waals surface area contributed by atoms with E-state index in [4.69, 9.17) is 22.9 Å². The molecule has 2 atom stereocenters. The van der Waals surface area contributed by atoms with Gasteiger partial charge in [-0.25, -0.2) is 0 Å². The minimum atomic E-state index is -0.243. The zero-order chi connectivity index (χ0) is 11.1. The molecule has 4 nitrogen and oxygen atoms in total. The van der Waals surface area contributed by atoms with E-state index in [1.165, 1.54) is 0 Å². The molecule has 0 aromatic rings. The van der Waals surface area contributed by atoms with Gasteiger partial charge in [-0.15, -0.1) is 0 Å². The van der Waals surface area contributed by atoms with Gasteiger partial charge >= 0.3 is 0 Å². The lowest BCUT2D eigenvalue weighted by Crippen LogP contribution is -2.66. The zero-order valence-electron chi connectivity index (χ0n) is 9.41. The number of rotatable bonds is 1. The second-order valence-electron chi connectivity index (χ2n) is 5.65. The molecule has 2 aliphatic rings. The second kappa shape index (κ2) is 3.70. The Kier molecular flexibility index (Phi) is 2.79. The fourth-order valence-electron chi connectivity index (χ4n) is 3.22. The molecule has 0 aromatic heterocycles. The first-order valence-electron chi connectivity index (χ1n) is 6.04.